The average Bonchev–Trinajstić information content (AvgIpc) is 2.47. The molecule has 6 nitrogen and oxygen atoms in total. The van der Waals surface area contributed by atoms with Gasteiger partial charge in [-0.3, -0.25) is 0 Å². The number of anilines is 2. The highest BCUT2D eigenvalue weighted by molar-refractivity contribution is 7.98. The van der Waals surface area contributed by atoms with Crippen molar-refractivity contribution in [3.8, 4) is 6.01 Å². The molecule has 7 heteroatoms. The van der Waals surface area contributed by atoms with Crippen LogP contribution in [-0.2, 0) is 0 Å². The Labute approximate surface area is 131 Å². The number of nitrogens with one attached hydrogen (secondary N) is 2. The number of nitrogens with zero attached hydrogens (tertiary/aromatic N) is 3. The minimum atomic E-state index is 0.367. The molecular weight excluding hydrogens is 286 g/mol. The summed E-state index contributed by atoms with van der Waals surface area (Å²) in [7, 11) is 0. The van der Waals surface area contributed by atoms with E-state index in [-0.39, 0.29) is 0 Å². The Hall–Kier alpha value is -1.24. The van der Waals surface area contributed by atoms with Gasteiger partial charge in [-0.2, -0.15) is 26.7 Å². The Morgan fingerprint density at radius 2 is 1.67 bits per heavy atom. The number of ether oxygens (including phenoxy) is 1. The van der Waals surface area contributed by atoms with Gasteiger partial charge in [-0.05, 0) is 38.7 Å². The molecule has 0 saturated carbocycles. The van der Waals surface area contributed by atoms with Crippen molar-refractivity contribution in [2.75, 3.05) is 42.3 Å². The van der Waals surface area contributed by atoms with Gasteiger partial charge in [-0.15, -0.1) is 0 Å². The van der Waals surface area contributed by atoms with Gasteiger partial charge < -0.3 is 15.4 Å². The Morgan fingerprint density at radius 3 is 2.33 bits per heavy atom. The summed E-state index contributed by atoms with van der Waals surface area (Å²) in [4.78, 5) is 12.8. The molecule has 1 heterocycles. The number of hydrogen-bond acceptors (Lipinski definition) is 7. The highest BCUT2D eigenvalue weighted by Gasteiger charge is 2.06. The molecule has 1 rings (SSSR count). The number of thioether (sulfide) groups is 1. The van der Waals surface area contributed by atoms with E-state index in [0.29, 0.717) is 24.5 Å². The Balaban J connectivity index is 2.38. The first-order valence-electron chi connectivity index (χ1n) is 7.65. The molecule has 0 aromatic carbocycles. The molecule has 1 aromatic heterocycles. The average molecular weight is 313 g/mol. The van der Waals surface area contributed by atoms with Gasteiger partial charge >= 0.3 is 6.01 Å². The van der Waals surface area contributed by atoms with Crippen molar-refractivity contribution in [3.63, 3.8) is 0 Å². The van der Waals surface area contributed by atoms with E-state index in [4.69, 9.17) is 4.74 Å². The van der Waals surface area contributed by atoms with Crippen LogP contribution in [0.25, 0.3) is 0 Å². The van der Waals surface area contributed by atoms with E-state index >= 15 is 0 Å². The van der Waals surface area contributed by atoms with Gasteiger partial charge in [-0.25, -0.2) is 0 Å². The van der Waals surface area contributed by atoms with Crippen molar-refractivity contribution >= 4 is 23.7 Å². The molecule has 0 amide bonds. The van der Waals surface area contributed by atoms with E-state index in [9.17, 15) is 0 Å². The van der Waals surface area contributed by atoms with Crippen LogP contribution in [0.1, 0.15) is 39.5 Å². The van der Waals surface area contributed by atoms with Gasteiger partial charge in [0.2, 0.25) is 11.9 Å². The maximum atomic E-state index is 5.36. The van der Waals surface area contributed by atoms with Crippen molar-refractivity contribution in [1.29, 1.82) is 0 Å². The zero-order valence-electron chi connectivity index (χ0n) is 13.3. The molecule has 0 bridgehead atoms. The fourth-order valence-corrected chi connectivity index (χ4v) is 2.28. The third kappa shape index (κ3) is 7.94. The molecule has 0 spiro atoms. The maximum absolute atomic E-state index is 5.36. The number of rotatable bonds is 12. The molecule has 0 aliphatic heterocycles. The minimum Gasteiger partial charge on any atom is -0.464 e. The maximum Gasteiger partial charge on any atom is 0.323 e. The van der Waals surface area contributed by atoms with E-state index in [0.717, 1.165) is 19.5 Å². The van der Waals surface area contributed by atoms with E-state index in [1.165, 1.54) is 25.0 Å². The smallest absolute Gasteiger partial charge is 0.323 e. The number of hydrogen-bond donors (Lipinski definition) is 2. The first-order chi connectivity index (χ1) is 10.3. The molecule has 0 atom stereocenters. The lowest BCUT2D eigenvalue weighted by molar-refractivity contribution is 0.312. The highest BCUT2D eigenvalue weighted by atomic mass is 32.2. The van der Waals surface area contributed by atoms with Gasteiger partial charge in [0.1, 0.15) is 0 Å². The first-order valence-corrected chi connectivity index (χ1v) is 9.05. The highest BCUT2D eigenvalue weighted by Crippen LogP contribution is 2.11. The number of unbranched alkanes of at least 4 members (excludes halogenated alkanes) is 3. The van der Waals surface area contributed by atoms with Crippen molar-refractivity contribution < 1.29 is 4.74 Å². The molecule has 0 aliphatic carbocycles. The van der Waals surface area contributed by atoms with Crippen LogP contribution in [0.4, 0.5) is 11.9 Å². The lowest BCUT2D eigenvalue weighted by Gasteiger charge is -2.09. The lowest BCUT2D eigenvalue weighted by Crippen LogP contribution is -2.11. The quantitative estimate of drug-likeness (QED) is 0.575. The van der Waals surface area contributed by atoms with Crippen LogP contribution >= 0.6 is 11.8 Å². The number of aromatic nitrogens is 3. The zero-order chi connectivity index (χ0) is 15.3. The van der Waals surface area contributed by atoms with Crippen molar-refractivity contribution in [3.05, 3.63) is 0 Å². The van der Waals surface area contributed by atoms with Gasteiger partial charge in [0.05, 0.1) is 6.61 Å². The molecule has 1 aromatic rings. The lowest BCUT2D eigenvalue weighted by atomic mass is 10.2. The van der Waals surface area contributed by atoms with Crippen LogP contribution in [0.15, 0.2) is 0 Å². The van der Waals surface area contributed by atoms with E-state index in [2.05, 4.69) is 31.8 Å². The van der Waals surface area contributed by atoms with E-state index in [1.54, 1.807) is 0 Å². The molecule has 2 N–H and O–H groups in total. The SMILES string of the molecule is CCNc1nc(NCCCCCCSC)nc(OCC)n1. The second-order valence-electron chi connectivity index (χ2n) is 4.56. The summed E-state index contributed by atoms with van der Waals surface area (Å²) in [6.45, 7) is 6.11. The van der Waals surface area contributed by atoms with Gasteiger partial charge in [-0.1, -0.05) is 12.8 Å². The normalized spacial score (nSPS) is 10.4. The Bertz CT molecular complexity index is 367. The summed E-state index contributed by atoms with van der Waals surface area (Å²) in [5, 5.41) is 6.33. The van der Waals surface area contributed by atoms with Gasteiger partial charge in [0.25, 0.3) is 0 Å². The minimum absolute atomic E-state index is 0.367. The third-order valence-electron chi connectivity index (χ3n) is 2.78. The summed E-state index contributed by atoms with van der Waals surface area (Å²) in [6.07, 6.45) is 7.09. The summed E-state index contributed by atoms with van der Waals surface area (Å²) in [5.41, 5.74) is 0. The Kier molecular flexibility index (Phi) is 9.69. The van der Waals surface area contributed by atoms with Crippen LogP contribution in [0.2, 0.25) is 0 Å². The molecule has 120 valence electrons. The van der Waals surface area contributed by atoms with Gasteiger partial charge in [0, 0.05) is 13.1 Å². The summed E-state index contributed by atoms with van der Waals surface area (Å²) >= 11 is 1.91. The second kappa shape index (κ2) is 11.4. The molecular formula is C14H27N5OS. The predicted octanol–water partition coefficient (Wildman–Crippen LogP) is 3.04. The van der Waals surface area contributed by atoms with Crippen molar-refractivity contribution in [2.24, 2.45) is 0 Å². The molecule has 21 heavy (non-hydrogen) atoms. The largest absolute Gasteiger partial charge is 0.464 e. The van der Waals surface area contributed by atoms with Crippen LogP contribution in [0.5, 0.6) is 6.01 Å². The Morgan fingerprint density at radius 1 is 0.952 bits per heavy atom. The van der Waals surface area contributed by atoms with Crippen molar-refractivity contribution in [2.45, 2.75) is 39.5 Å². The summed E-state index contributed by atoms with van der Waals surface area (Å²) in [6, 6.07) is 0.367. The van der Waals surface area contributed by atoms with Crippen LogP contribution in [0.3, 0.4) is 0 Å². The van der Waals surface area contributed by atoms with Gasteiger partial charge in [0.15, 0.2) is 0 Å². The van der Waals surface area contributed by atoms with Crippen molar-refractivity contribution in [1.82, 2.24) is 15.0 Å². The molecule has 0 saturated heterocycles. The van der Waals surface area contributed by atoms with E-state index in [1.807, 2.05) is 25.6 Å². The van der Waals surface area contributed by atoms with Crippen LogP contribution < -0.4 is 15.4 Å². The first kappa shape index (κ1) is 17.8. The fourth-order valence-electron chi connectivity index (χ4n) is 1.79. The van der Waals surface area contributed by atoms with E-state index < -0.39 is 0 Å². The fraction of sp³-hybridized carbons (Fsp3) is 0.786. The monoisotopic (exact) mass is 313 g/mol. The summed E-state index contributed by atoms with van der Waals surface area (Å²) < 4.78 is 5.36. The molecule has 0 aliphatic rings. The third-order valence-corrected chi connectivity index (χ3v) is 3.48. The molecule has 0 unspecified atom stereocenters. The molecule has 0 radical (unpaired) electrons. The zero-order valence-corrected chi connectivity index (χ0v) is 14.1. The second-order valence-corrected chi connectivity index (χ2v) is 5.55. The summed E-state index contributed by atoms with van der Waals surface area (Å²) in [5.74, 6) is 2.39. The predicted molar refractivity (Wildman–Crippen MR) is 90.5 cm³/mol. The van der Waals surface area contributed by atoms with Crippen LogP contribution in [0, 0.1) is 0 Å². The van der Waals surface area contributed by atoms with Crippen LogP contribution in [-0.4, -0.2) is 46.7 Å². The molecule has 0 fully saturated rings. The standard InChI is InChI=1S/C14H27N5OS/c1-4-15-12-17-13(19-14(18-12)20-5-2)16-10-8-6-7-9-11-21-3/h4-11H2,1-3H3,(H2,15,16,17,18,19). The topological polar surface area (TPSA) is 72.0 Å².